The average molecular weight is 239 g/mol. The van der Waals surface area contributed by atoms with Gasteiger partial charge in [0, 0.05) is 19.5 Å². The minimum atomic E-state index is -1.87. The predicted molar refractivity (Wildman–Crippen MR) is 38.2 cm³/mol. The van der Waals surface area contributed by atoms with Gasteiger partial charge in [0.25, 0.3) is 0 Å². The molecule has 0 aliphatic rings. The number of hydrogen-bond donors (Lipinski definition) is 2. The van der Waals surface area contributed by atoms with E-state index < -0.39 is 16.1 Å². The normalized spacial score (nSPS) is 8.80. The molecule has 0 amide bonds. The standard InChI is InChI=1S/2CH3O2P.CH4.Zn/c2*1-4(2)3;;/h2*1H3;1H4;/p+2. The van der Waals surface area contributed by atoms with E-state index in [0.717, 1.165) is 0 Å². The molecule has 0 aromatic rings. The van der Waals surface area contributed by atoms with Crippen LogP contribution in [-0.2, 0) is 28.6 Å². The van der Waals surface area contributed by atoms with Crippen LogP contribution in [0, 0.1) is 0 Å². The first kappa shape index (κ1) is 22.4. The molecule has 0 heterocycles. The van der Waals surface area contributed by atoms with Crippen LogP contribution in [0.2, 0.25) is 0 Å². The largest absolute Gasteiger partial charge is 0.502 e. The molecule has 2 N–H and O–H groups in total. The molecule has 0 saturated carbocycles. The molecule has 0 aromatic carbocycles. The zero-order chi connectivity index (χ0) is 7.15. The SMILES string of the molecule is C.C[P+](=O)O.C[P+](=O)O.[Zn]. The monoisotopic (exact) mass is 238 g/mol. The summed E-state index contributed by atoms with van der Waals surface area (Å²) in [6.45, 7) is 2.46. The van der Waals surface area contributed by atoms with E-state index in [1.54, 1.807) is 0 Å². The van der Waals surface area contributed by atoms with Crippen LogP contribution in [0.15, 0.2) is 0 Å². The molecule has 0 saturated heterocycles. The van der Waals surface area contributed by atoms with Gasteiger partial charge in [-0.05, 0) is 9.13 Å². The molecule has 0 aromatic heterocycles. The van der Waals surface area contributed by atoms with E-state index in [1.165, 1.54) is 13.3 Å². The quantitative estimate of drug-likeness (QED) is 0.494. The van der Waals surface area contributed by atoms with Gasteiger partial charge < -0.3 is 0 Å². The van der Waals surface area contributed by atoms with Gasteiger partial charge in [0.15, 0.2) is 13.3 Å². The first-order valence-electron chi connectivity index (χ1n) is 1.66. The Bertz CT molecular complexity index is 76.5. The molecule has 0 rings (SSSR count). The van der Waals surface area contributed by atoms with Crippen LogP contribution in [-0.4, -0.2) is 23.1 Å². The van der Waals surface area contributed by atoms with Crippen molar-refractivity contribution in [1.82, 2.24) is 0 Å². The zero-order valence-corrected chi connectivity index (χ0v) is 10.1. The third kappa shape index (κ3) is 949. The Kier molecular flexibility index (Phi) is 36.7. The van der Waals surface area contributed by atoms with Gasteiger partial charge in [-0.3, -0.25) is 0 Å². The van der Waals surface area contributed by atoms with Crippen molar-refractivity contribution in [2.45, 2.75) is 7.43 Å². The zero-order valence-electron chi connectivity index (χ0n) is 5.31. The van der Waals surface area contributed by atoms with Crippen LogP contribution in [0.25, 0.3) is 0 Å². The summed E-state index contributed by atoms with van der Waals surface area (Å²) in [5, 5.41) is 0. The Hall–Kier alpha value is 0.743. The minimum Gasteiger partial charge on any atom is -0.161 e. The predicted octanol–water partition coefficient (Wildman–Crippen LogP) is 1.34. The first-order valence-corrected chi connectivity index (χ1v) is 4.98. The van der Waals surface area contributed by atoms with Crippen LogP contribution in [0.5, 0.6) is 0 Å². The molecule has 2 atom stereocenters. The summed E-state index contributed by atoms with van der Waals surface area (Å²) >= 11 is 0. The fourth-order valence-electron chi connectivity index (χ4n) is 0. The summed E-state index contributed by atoms with van der Waals surface area (Å²) in [6, 6.07) is 0. The summed E-state index contributed by atoms with van der Waals surface area (Å²) in [6.07, 6.45) is 0. The van der Waals surface area contributed by atoms with Crippen LogP contribution in [0.3, 0.4) is 0 Å². The van der Waals surface area contributed by atoms with Crippen LogP contribution in [0.1, 0.15) is 7.43 Å². The molecule has 58 valence electrons. The Morgan fingerprint density at radius 3 is 1.00 bits per heavy atom. The second-order valence-electron chi connectivity index (χ2n) is 0.928. The molecule has 2 unspecified atom stereocenters. The Morgan fingerprint density at radius 1 is 1.00 bits per heavy atom. The second kappa shape index (κ2) is 16.4. The molecule has 0 aliphatic carbocycles. The minimum absolute atomic E-state index is 0. The average Bonchev–Trinajstić information content (AvgIpc) is 1.25. The molecule has 10 heavy (non-hydrogen) atoms. The van der Waals surface area contributed by atoms with E-state index >= 15 is 0 Å². The molecule has 0 spiro atoms. The summed E-state index contributed by atoms with van der Waals surface area (Å²) < 4.78 is 18.3. The van der Waals surface area contributed by atoms with Gasteiger partial charge in [-0.1, -0.05) is 7.43 Å². The second-order valence-corrected chi connectivity index (χ2v) is 2.79. The third-order valence-corrected chi connectivity index (χ3v) is 0. The third-order valence-electron chi connectivity index (χ3n) is 0. The van der Waals surface area contributed by atoms with Gasteiger partial charge in [-0.15, -0.1) is 0 Å². The van der Waals surface area contributed by atoms with Gasteiger partial charge in [-0.2, -0.15) is 9.79 Å². The van der Waals surface area contributed by atoms with Crippen molar-refractivity contribution in [1.29, 1.82) is 0 Å². The van der Waals surface area contributed by atoms with Crippen molar-refractivity contribution < 1.29 is 38.4 Å². The number of hydrogen-bond acceptors (Lipinski definition) is 2. The summed E-state index contributed by atoms with van der Waals surface area (Å²) in [5.41, 5.74) is 0. The molecule has 7 heteroatoms. The molecule has 0 bridgehead atoms. The van der Waals surface area contributed by atoms with Gasteiger partial charge in [0.1, 0.15) is 0 Å². The van der Waals surface area contributed by atoms with Gasteiger partial charge in [0.2, 0.25) is 0 Å². The van der Waals surface area contributed by atoms with E-state index in [4.69, 9.17) is 18.9 Å². The van der Waals surface area contributed by atoms with Crippen molar-refractivity contribution >= 4 is 16.1 Å². The molecule has 0 radical (unpaired) electrons. The fourth-order valence-corrected chi connectivity index (χ4v) is 0. The summed E-state index contributed by atoms with van der Waals surface area (Å²) in [4.78, 5) is 15.1. The fraction of sp³-hybridized carbons (Fsp3) is 1.00. The molecule has 0 aliphatic heterocycles. The van der Waals surface area contributed by atoms with Crippen molar-refractivity contribution in [3.63, 3.8) is 0 Å². The Labute approximate surface area is 75.5 Å². The van der Waals surface area contributed by atoms with E-state index in [-0.39, 0.29) is 26.9 Å². The van der Waals surface area contributed by atoms with E-state index in [2.05, 4.69) is 0 Å². The van der Waals surface area contributed by atoms with E-state index in [0.29, 0.717) is 0 Å². The smallest absolute Gasteiger partial charge is 0.161 e. The topological polar surface area (TPSA) is 74.6 Å². The van der Waals surface area contributed by atoms with Crippen LogP contribution < -0.4 is 0 Å². The van der Waals surface area contributed by atoms with Crippen molar-refractivity contribution in [2.24, 2.45) is 0 Å². The molecular formula is C3H12O4P2Zn+2. The van der Waals surface area contributed by atoms with Crippen molar-refractivity contribution in [3.05, 3.63) is 0 Å². The van der Waals surface area contributed by atoms with E-state index in [9.17, 15) is 0 Å². The Balaban J connectivity index is -0.0000000300. The molecular weight excluding hydrogens is 227 g/mol. The molecule has 4 nitrogen and oxygen atoms in total. The maximum atomic E-state index is 9.15. The maximum Gasteiger partial charge on any atom is 0.502 e. The van der Waals surface area contributed by atoms with Crippen molar-refractivity contribution in [3.8, 4) is 0 Å². The summed E-state index contributed by atoms with van der Waals surface area (Å²) in [5.74, 6) is 0. The molecule has 0 fully saturated rings. The van der Waals surface area contributed by atoms with Gasteiger partial charge >= 0.3 is 16.1 Å². The van der Waals surface area contributed by atoms with Crippen LogP contribution >= 0.6 is 16.1 Å². The van der Waals surface area contributed by atoms with Gasteiger partial charge in [0.05, 0.1) is 0 Å². The number of rotatable bonds is 0. The van der Waals surface area contributed by atoms with E-state index in [1.807, 2.05) is 0 Å². The maximum absolute atomic E-state index is 9.15. The Morgan fingerprint density at radius 2 is 1.00 bits per heavy atom. The van der Waals surface area contributed by atoms with Crippen LogP contribution in [0.4, 0.5) is 0 Å². The summed E-state index contributed by atoms with van der Waals surface area (Å²) in [7, 11) is -3.74. The van der Waals surface area contributed by atoms with Gasteiger partial charge in [-0.25, -0.2) is 0 Å². The first-order chi connectivity index (χ1) is 3.46. The van der Waals surface area contributed by atoms with Crippen molar-refractivity contribution in [2.75, 3.05) is 13.3 Å².